The number of methoxy groups -OCH3 is 2. The van der Waals surface area contributed by atoms with Gasteiger partial charge < -0.3 is 19.5 Å². The molecule has 0 bridgehead atoms. The average molecular weight is 294 g/mol. The van der Waals surface area contributed by atoms with Crippen LogP contribution in [-0.4, -0.2) is 56.6 Å². The standard InChI is InChI=1S/C15H22N2O4/c1-20-8-6-17(7-9-21-2)14-12(15(18)19)10-11-4-3-5-13(11)16-14/h10H,3-9H2,1-2H3,(H,18,19). The summed E-state index contributed by atoms with van der Waals surface area (Å²) in [5, 5.41) is 9.47. The Morgan fingerprint density at radius 3 is 2.52 bits per heavy atom. The first-order valence-corrected chi connectivity index (χ1v) is 7.16. The van der Waals surface area contributed by atoms with Crippen molar-refractivity contribution in [3.63, 3.8) is 0 Å². The largest absolute Gasteiger partial charge is 0.478 e. The highest BCUT2D eigenvalue weighted by molar-refractivity contribution is 5.93. The van der Waals surface area contributed by atoms with Crippen molar-refractivity contribution >= 4 is 11.8 Å². The molecule has 1 heterocycles. The highest BCUT2D eigenvalue weighted by Crippen LogP contribution is 2.27. The number of hydrogen-bond donors (Lipinski definition) is 1. The van der Waals surface area contributed by atoms with Crippen molar-refractivity contribution in [3.05, 3.63) is 22.9 Å². The summed E-state index contributed by atoms with van der Waals surface area (Å²) < 4.78 is 10.2. The molecular formula is C15H22N2O4. The van der Waals surface area contributed by atoms with Gasteiger partial charge in [0.1, 0.15) is 11.4 Å². The lowest BCUT2D eigenvalue weighted by molar-refractivity contribution is 0.0696. The SMILES string of the molecule is COCCN(CCOC)c1nc2c(cc1C(=O)O)CCC2. The van der Waals surface area contributed by atoms with E-state index in [1.807, 2.05) is 4.90 Å². The molecule has 1 N–H and O–H groups in total. The molecule has 21 heavy (non-hydrogen) atoms. The van der Waals surface area contributed by atoms with E-state index in [0.717, 1.165) is 30.5 Å². The summed E-state index contributed by atoms with van der Waals surface area (Å²) in [5.74, 6) is -0.413. The van der Waals surface area contributed by atoms with E-state index in [4.69, 9.17) is 9.47 Å². The number of aromatic nitrogens is 1. The Morgan fingerprint density at radius 1 is 1.29 bits per heavy atom. The van der Waals surface area contributed by atoms with Crippen molar-refractivity contribution in [1.82, 2.24) is 4.98 Å². The number of anilines is 1. The van der Waals surface area contributed by atoms with E-state index in [-0.39, 0.29) is 5.56 Å². The van der Waals surface area contributed by atoms with Crippen LogP contribution in [0.3, 0.4) is 0 Å². The zero-order valence-corrected chi connectivity index (χ0v) is 12.6. The van der Waals surface area contributed by atoms with Gasteiger partial charge in [0, 0.05) is 33.0 Å². The molecule has 0 spiro atoms. The van der Waals surface area contributed by atoms with E-state index >= 15 is 0 Å². The smallest absolute Gasteiger partial charge is 0.339 e. The lowest BCUT2D eigenvalue weighted by Gasteiger charge is -2.25. The van der Waals surface area contributed by atoms with Crippen LogP contribution in [0.15, 0.2) is 6.07 Å². The van der Waals surface area contributed by atoms with Crippen LogP contribution in [0.1, 0.15) is 28.0 Å². The van der Waals surface area contributed by atoms with E-state index in [2.05, 4.69) is 4.98 Å². The number of pyridine rings is 1. The van der Waals surface area contributed by atoms with Crippen molar-refractivity contribution in [2.45, 2.75) is 19.3 Å². The average Bonchev–Trinajstić information content (AvgIpc) is 2.93. The maximum atomic E-state index is 11.5. The van der Waals surface area contributed by atoms with Gasteiger partial charge in [0.15, 0.2) is 0 Å². The summed E-state index contributed by atoms with van der Waals surface area (Å²) in [7, 11) is 3.26. The maximum absolute atomic E-state index is 11.5. The van der Waals surface area contributed by atoms with E-state index in [9.17, 15) is 9.90 Å². The monoisotopic (exact) mass is 294 g/mol. The molecule has 0 fully saturated rings. The molecule has 2 rings (SSSR count). The molecule has 0 unspecified atom stereocenters. The van der Waals surface area contributed by atoms with Crippen molar-refractivity contribution < 1.29 is 19.4 Å². The Bertz CT molecular complexity index is 497. The van der Waals surface area contributed by atoms with Gasteiger partial charge >= 0.3 is 5.97 Å². The third kappa shape index (κ3) is 3.71. The number of carboxylic acids is 1. The molecule has 116 valence electrons. The minimum absolute atomic E-state index is 0.267. The first-order chi connectivity index (χ1) is 10.2. The molecule has 6 heteroatoms. The number of carbonyl (C=O) groups is 1. The molecule has 0 radical (unpaired) electrons. The van der Waals surface area contributed by atoms with Crippen LogP contribution < -0.4 is 4.90 Å². The maximum Gasteiger partial charge on any atom is 0.339 e. The lowest BCUT2D eigenvalue weighted by Crippen LogP contribution is -2.33. The number of hydrogen-bond acceptors (Lipinski definition) is 5. The van der Waals surface area contributed by atoms with Gasteiger partial charge in [-0.25, -0.2) is 9.78 Å². The molecule has 0 saturated carbocycles. The summed E-state index contributed by atoms with van der Waals surface area (Å²) in [6.07, 6.45) is 2.88. The van der Waals surface area contributed by atoms with Crippen LogP contribution in [0.5, 0.6) is 0 Å². The Morgan fingerprint density at radius 2 is 1.95 bits per heavy atom. The zero-order valence-electron chi connectivity index (χ0n) is 12.6. The fraction of sp³-hybridized carbons (Fsp3) is 0.600. The Labute approximate surface area is 124 Å². The summed E-state index contributed by atoms with van der Waals surface area (Å²) in [4.78, 5) is 18.1. The highest BCUT2D eigenvalue weighted by atomic mass is 16.5. The number of fused-ring (bicyclic) bond motifs is 1. The third-order valence-corrected chi connectivity index (χ3v) is 3.69. The quantitative estimate of drug-likeness (QED) is 0.780. The Balaban J connectivity index is 2.34. The number of ether oxygens (including phenoxy) is 2. The highest BCUT2D eigenvalue weighted by Gasteiger charge is 2.23. The summed E-state index contributed by atoms with van der Waals surface area (Å²) in [5.41, 5.74) is 2.35. The van der Waals surface area contributed by atoms with Gasteiger partial charge in [0.2, 0.25) is 0 Å². The molecule has 0 amide bonds. The minimum atomic E-state index is -0.938. The summed E-state index contributed by atoms with van der Waals surface area (Å²) >= 11 is 0. The van der Waals surface area contributed by atoms with Crippen LogP contribution in [0.4, 0.5) is 5.82 Å². The van der Waals surface area contributed by atoms with Crippen molar-refractivity contribution in [3.8, 4) is 0 Å². The van der Waals surface area contributed by atoms with Gasteiger partial charge in [0.05, 0.1) is 13.2 Å². The molecule has 1 aliphatic carbocycles. The number of aryl methyl sites for hydroxylation is 2. The molecule has 0 atom stereocenters. The molecule has 0 aromatic carbocycles. The molecule has 0 aliphatic heterocycles. The fourth-order valence-corrected chi connectivity index (χ4v) is 2.59. The Kier molecular flexibility index (Phi) is 5.52. The van der Waals surface area contributed by atoms with Crippen molar-refractivity contribution in [2.75, 3.05) is 45.4 Å². The van der Waals surface area contributed by atoms with Gasteiger partial charge in [-0.2, -0.15) is 0 Å². The van der Waals surface area contributed by atoms with Gasteiger partial charge in [-0.05, 0) is 30.9 Å². The van der Waals surface area contributed by atoms with Crippen LogP contribution in [-0.2, 0) is 22.3 Å². The van der Waals surface area contributed by atoms with Crippen LogP contribution in [0.2, 0.25) is 0 Å². The van der Waals surface area contributed by atoms with Crippen molar-refractivity contribution in [2.24, 2.45) is 0 Å². The Hall–Kier alpha value is -1.66. The van der Waals surface area contributed by atoms with Crippen LogP contribution in [0, 0.1) is 0 Å². The lowest BCUT2D eigenvalue weighted by atomic mass is 10.1. The van der Waals surface area contributed by atoms with Gasteiger partial charge in [-0.1, -0.05) is 0 Å². The third-order valence-electron chi connectivity index (χ3n) is 3.69. The van der Waals surface area contributed by atoms with Crippen molar-refractivity contribution in [1.29, 1.82) is 0 Å². The van der Waals surface area contributed by atoms with Crippen LogP contribution >= 0.6 is 0 Å². The van der Waals surface area contributed by atoms with Gasteiger partial charge in [0.25, 0.3) is 0 Å². The second-order valence-electron chi connectivity index (χ2n) is 5.10. The number of aromatic carboxylic acids is 1. The van der Waals surface area contributed by atoms with E-state index in [1.165, 1.54) is 0 Å². The van der Waals surface area contributed by atoms with Gasteiger partial charge in [-0.15, -0.1) is 0 Å². The van der Waals surface area contributed by atoms with Crippen LogP contribution in [0.25, 0.3) is 0 Å². The molecule has 1 aromatic heterocycles. The van der Waals surface area contributed by atoms with E-state index in [0.29, 0.717) is 32.1 Å². The van der Waals surface area contributed by atoms with Gasteiger partial charge in [-0.3, -0.25) is 0 Å². The molecule has 1 aromatic rings. The first-order valence-electron chi connectivity index (χ1n) is 7.16. The normalized spacial score (nSPS) is 13.2. The molecular weight excluding hydrogens is 272 g/mol. The predicted molar refractivity (Wildman–Crippen MR) is 79.2 cm³/mol. The second-order valence-corrected chi connectivity index (χ2v) is 5.10. The summed E-state index contributed by atoms with van der Waals surface area (Å²) in [6.45, 7) is 2.21. The summed E-state index contributed by atoms with van der Waals surface area (Å²) in [6, 6.07) is 1.78. The molecule has 1 aliphatic rings. The van der Waals surface area contributed by atoms with E-state index < -0.39 is 5.97 Å². The topological polar surface area (TPSA) is 71.9 Å². The number of rotatable bonds is 8. The van der Waals surface area contributed by atoms with E-state index in [1.54, 1.807) is 20.3 Å². The number of carboxylic acid groups (broad SMARTS) is 1. The zero-order chi connectivity index (χ0) is 15.2. The second kappa shape index (κ2) is 7.38. The first kappa shape index (κ1) is 15.7. The molecule has 0 saturated heterocycles. The molecule has 6 nitrogen and oxygen atoms in total. The fourth-order valence-electron chi connectivity index (χ4n) is 2.59. The predicted octanol–water partition coefficient (Wildman–Crippen LogP) is 1.37. The minimum Gasteiger partial charge on any atom is -0.478 e. The number of nitrogens with zero attached hydrogens (tertiary/aromatic N) is 2.